The summed E-state index contributed by atoms with van der Waals surface area (Å²) < 4.78 is 29.6. The topological polar surface area (TPSA) is 124 Å². The lowest BCUT2D eigenvalue weighted by Crippen LogP contribution is -2.44. The van der Waals surface area contributed by atoms with E-state index in [9.17, 15) is 13.2 Å². The molecule has 8 heteroatoms. The first-order valence-corrected chi connectivity index (χ1v) is 8.60. The van der Waals surface area contributed by atoms with Gasteiger partial charge in [0.15, 0.2) is 0 Å². The fourth-order valence-electron chi connectivity index (χ4n) is 2.14. The van der Waals surface area contributed by atoms with E-state index in [0.717, 1.165) is 18.4 Å². The molecule has 1 aromatic carbocycles. The van der Waals surface area contributed by atoms with Crippen LogP contribution in [0.25, 0.3) is 0 Å². The van der Waals surface area contributed by atoms with Crippen molar-refractivity contribution in [3.05, 3.63) is 29.8 Å². The first-order valence-electron chi connectivity index (χ1n) is 7.16. The number of nitrogens with two attached hydrogens (primary N) is 1. The Morgan fingerprint density at radius 3 is 2.43 bits per heavy atom. The van der Waals surface area contributed by atoms with E-state index in [1.54, 1.807) is 24.0 Å². The fraction of sp³-hybridized carbons (Fsp3) is 0.467. The maximum Gasteiger partial charge on any atom is 0.294 e. The van der Waals surface area contributed by atoms with E-state index >= 15 is 0 Å². The molecule has 126 valence electrons. The third-order valence-electron chi connectivity index (χ3n) is 3.39. The molecule has 1 aliphatic rings. The highest BCUT2D eigenvalue weighted by Gasteiger charge is 2.29. The predicted molar refractivity (Wildman–Crippen MR) is 85.0 cm³/mol. The molecule has 0 unspecified atom stereocenters. The minimum atomic E-state index is -4.02. The van der Waals surface area contributed by atoms with Gasteiger partial charge in [-0.15, -0.1) is 0 Å². The summed E-state index contributed by atoms with van der Waals surface area (Å²) in [7, 11) is -4.02. The Morgan fingerprint density at radius 2 is 2.00 bits per heavy atom. The lowest BCUT2D eigenvalue weighted by Gasteiger charge is -2.21. The maximum absolute atomic E-state index is 11.4. The molecule has 1 aliphatic heterocycles. The number of amides is 1. The number of nitrogens with zero attached hydrogens (tertiary/aromatic N) is 2. The Kier molecular flexibility index (Phi) is 6.69. The number of benzene rings is 1. The van der Waals surface area contributed by atoms with Crippen molar-refractivity contribution in [3.8, 4) is 6.07 Å². The Labute approximate surface area is 136 Å². The highest BCUT2D eigenvalue weighted by atomic mass is 32.2. The van der Waals surface area contributed by atoms with Crippen LogP contribution in [0.3, 0.4) is 0 Å². The van der Waals surface area contributed by atoms with Gasteiger partial charge in [0, 0.05) is 6.54 Å². The first kappa shape index (κ1) is 19.1. The molecule has 2 rings (SSSR count). The molecule has 0 aromatic heterocycles. The molecule has 1 amide bonds. The van der Waals surface area contributed by atoms with Crippen LogP contribution < -0.4 is 5.73 Å². The number of carbonyl (C=O) groups is 1. The van der Waals surface area contributed by atoms with Crippen LogP contribution >= 0.6 is 0 Å². The Morgan fingerprint density at radius 1 is 1.43 bits per heavy atom. The molecule has 3 N–H and O–H groups in total. The number of hydrogen-bond donors (Lipinski definition) is 2. The van der Waals surface area contributed by atoms with E-state index < -0.39 is 16.2 Å². The predicted octanol–water partition coefficient (Wildman–Crippen LogP) is 1.09. The summed E-state index contributed by atoms with van der Waals surface area (Å²) in [5.74, 6) is -0.112. The van der Waals surface area contributed by atoms with Gasteiger partial charge in [-0.3, -0.25) is 9.35 Å². The van der Waals surface area contributed by atoms with Crippen LogP contribution in [0.15, 0.2) is 29.2 Å². The standard InChI is InChI=1S/C8H13N3O.C7H8O3S/c1-6(10)8(12)11-4-2-3-7(11)5-9;1-6-2-4-7(5-3-6)11(8,9)10/h6-7H,2-4,10H2,1H3;2-5H,1H3,(H,8,9,10)/t6-,7+;/m1./s1. The van der Waals surface area contributed by atoms with Crippen molar-refractivity contribution in [3.63, 3.8) is 0 Å². The summed E-state index contributed by atoms with van der Waals surface area (Å²) in [6.07, 6.45) is 1.70. The van der Waals surface area contributed by atoms with Gasteiger partial charge in [-0.25, -0.2) is 0 Å². The highest BCUT2D eigenvalue weighted by Crippen LogP contribution is 2.16. The minimum Gasteiger partial charge on any atom is -0.325 e. The zero-order valence-electron chi connectivity index (χ0n) is 13.1. The molecule has 2 atom stereocenters. The normalized spacial score (nSPS) is 18.6. The fourth-order valence-corrected chi connectivity index (χ4v) is 2.62. The third kappa shape index (κ3) is 5.63. The zero-order chi connectivity index (χ0) is 17.6. The van der Waals surface area contributed by atoms with Gasteiger partial charge in [0.05, 0.1) is 17.0 Å². The minimum absolute atomic E-state index is 0.0666. The van der Waals surface area contributed by atoms with Gasteiger partial charge in [0.2, 0.25) is 5.91 Å². The van der Waals surface area contributed by atoms with E-state index in [0.29, 0.717) is 6.54 Å². The lowest BCUT2D eigenvalue weighted by atomic mass is 10.2. The number of carbonyl (C=O) groups excluding carboxylic acids is 1. The van der Waals surface area contributed by atoms with Gasteiger partial charge in [0.1, 0.15) is 6.04 Å². The van der Waals surface area contributed by atoms with E-state index in [1.807, 2.05) is 6.92 Å². The largest absolute Gasteiger partial charge is 0.325 e. The van der Waals surface area contributed by atoms with Crippen molar-refractivity contribution >= 4 is 16.0 Å². The van der Waals surface area contributed by atoms with E-state index in [1.165, 1.54) is 12.1 Å². The van der Waals surface area contributed by atoms with Gasteiger partial charge in [-0.1, -0.05) is 17.7 Å². The number of rotatable bonds is 2. The molecule has 0 bridgehead atoms. The smallest absolute Gasteiger partial charge is 0.294 e. The van der Waals surface area contributed by atoms with Crippen molar-refractivity contribution < 1.29 is 17.8 Å². The second-order valence-corrected chi connectivity index (χ2v) is 6.82. The zero-order valence-corrected chi connectivity index (χ0v) is 14.0. The van der Waals surface area contributed by atoms with Gasteiger partial charge >= 0.3 is 0 Å². The van der Waals surface area contributed by atoms with Crippen LogP contribution in [-0.2, 0) is 14.9 Å². The van der Waals surface area contributed by atoms with Gasteiger partial charge in [0.25, 0.3) is 10.1 Å². The molecule has 1 fully saturated rings. The number of aryl methyl sites for hydroxylation is 1. The summed E-state index contributed by atoms with van der Waals surface area (Å²) >= 11 is 0. The molecule has 0 spiro atoms. The van der Waals surface area contributed by atoms with Crippen LogP contribution in [-0.4, -0.2) is 42.4 Å². The monoisotopic (exact) mass is 339 g/mol. The molecular formula is C15H21N3O4S. The maximum atomic E-state index is 11.4. The molecule has 1 saturated heterocycles. The van der Waals surface area contributed by atoms with E-state index in [4.69, 9.17) is 15.5 Å². The van der Waals surface area contributed by atoms with Crippen LogP contribution in [0.5, 0.6) is 0 Å². The summed E-state index contributed by atoms with van der Waals surface area (Å²) in [6.45, 7) is 4.17. The van der Waals surface area contributed by atoms with Crippen molar-refractivity contribution in [1.82, 2.24) is 4.90 Å². The SMILES string of the molecule is C[C@@H](N)C(=O)N1CCC[C@H]1C#N.Cc1ccc(S(=O)(=O)O)cc1. The molecule has 1 aromatic rings. The first-order chi connectivity index (χ1) is 10.7. The summed E-state index contributed by atoms with van der Waals surface area (Å²) in [5, 5.41) is 8.68. The summed E-state index contributed by atoms with van der Waals surface area (Å²) in [5.41, 5.74) is 6.39. The Balaban J connectivity index is 0.000000231. The van der Waals surface area contributed by atoms with Gasteiger partial charge in [-0.05, 0) is 38.8 Å². The number of hydrogen-bond acceptors (Lipinski definition) is 5. The quantitative estimate of drug-likeness (QED) is 0.777. The number of nitriles is 1. The molecule has 0 aliphatic carbocycles. The molecule has 0 saturated carbocycles. The summed E-state index contributed by atoms with van der Waals surface area (Å²) in [6, 6.07) is 7.35. The number of likely N-dealkylation sites (tertiary alicyclic amines) is 1. The average molecular weight is 339 g/mol. The molecule has 1 heterocycles. The third-order valence-corrected chi connectivity index (χ3v) is 4.26. The van der Waals surface area contributed by atoms with Crippen molar-refractivity contribution in [1.29, 1.82) is 5.26 Å². The van der Waals surface area contributed by atoms with E-state index in [2.05, 4.69) is 6.07 Å². The average Bonchev–Trinajstić information content (AvgIpc) is 2.94. The second kappa shape index (κ2) is 8.06. The molecule has 0 radical (unpaired) electrons. The second-order valence-electron chi connectivity index (χ2n) is 5.40. The van der Waals surface area contributed by atoms with Crippen molar-refractivity contribution in [2.24, 2.45) is 5.73 Å². The molecule has 7 nitrogen and oxygen atoms in total. The van der Waals surface area contributed by atoms with Crippen LogP contribution in [0.4, 0.5) is 0 Å². The Bertz CT molecular complexity index is 678. The van der Waals surface area contributed by atoms with Crippen molar-refractivity contribution in [2.45, 2.75) is 43.7 Å². The van der Waals surface area contributed by atoms with Crippen LogP contribution in [0.1, 0.15) is 25.3 Å². The van der Waals surface area contributed by atoms with Gasteiger partial charge < -0.3 is 10.6 Å². The molecule has 23 heavy (non-hydrogen) atoms. The lowest BCUT2D eigenvalue weighted by molar-refractivity contribution is -0.132. The van der Waals surface area contributed by atoms with Crippen molar-refractivity contribution in [2.75, 3.05) is 6.54 Å². The molecular weight excluding hydrogens is 318 g/mol. The van der Waals surface area contributed by atoms with E-state index in [-0.39, 0.29) is 16.8 Å². The highest BCUT2D eigenvalue weighted by molar-refractivity contribution is 7.85. The Hall–Kier alpha value is -1.95. The van der Waals surface area contributed by atoms with Crippen LogP contribution in [0, 0.1) is 18.3 Å². The summed E-state index contributed by atoms with van der Waals surface area (Å²) in [4.78, 5) is 12.9. The van der Waals surface area contributed by atoms with Crippen LogP contribution in [0.2, 0.25) is 0 Å². The van der Waals surface area contributed by atoms with Gasteiger partial charge in [-0.2, -0.15) is 13.7 Å².